The molecule has 0 fully saturated rings. The van der Waals surface area contributed by atoms with Crippen molar-refractivity contribution in [1.29, 1.82) is 0 Å². The number of esters is 1. The maximum absolute atomic E-state index is 12.8. The van der Waals surface area contributed by atoms with Crippen LogP contribution in [0.15, 0.2) is 53.0 Å². The zero-order chi connectivity index (χ0) is 27.2. The molecule has 0 spiro atoms. The van der Waals surface area contributed by atoms with Crippen LogP contribution in [0.2, 0.25) is 0 Å². The highest BCUT2D eigenvalue weighted by Crippen LogP contribution is 2.38. The Balaban J connectivity index is 1.41. The molecule has 0 bridgehead atoms. The van der Waals surface area contributed by atoms with Crippen LogP contribution in [0.3, 0.4) is 0 Å². The largest absolute Gasteiger partial charge is 0.486 e. The van der Waals surface area contributed by atoms with Gasteiger partial charge in [-0.15, -0.1) is 21.5 Å². The molecule has 0 radical (unpaired) electrons. The van der Waals surface area contributed by atoms with Gasteiger partial charge >= 0.3 is 5.97 Å². The van der Waals surface area contributed by atoms with Crippen molar-refractivity contribution in [3.05, 3.63) is 75.9 Å². The number of nitrogens with zero attached hydrogens (tertiary/aromatic N) is 3. The minimum absolute atomic E-state index is 0.0998. The normalized spacial score (nSPS) is 10.9. The lowest BCUT2D eigenvalue weighted by Crippen LogP contribution is -2.16. The van der Waals surface area contributed by atoms with E-state index < -0.39 is 5.97 Å². The average Bonchev–Trinajstić information content (AvgIpc) is 3.50. The first kappa shape index (κ1) is 27.4. The predicted octanol–water partition coefficient (Wildman–Crippen LogP) is 5.82. The van der Waals surface area contributed by atoms with Gasteiger partial charge in [0.15, 0.2) is 11.0 Å². The van der Waals surface area contributed by atoms with E-state index in [2.05, 4.69) is 22.4 Å². The SMILES string of the molecule is CCc1ccc(OCc2nnc(SCC(=O)Nc3scc(-c4cc(C)ccc4C)c3C(=O)OC)n2C)cc1. The molecule has 4 rings (SSSR count). The first-order valence-electron chi connectivity index (χ1n) is 12.1. The number of ether oxygens (including phenoxy) is 2. The fourth-order valence-electron chi connectivity index (χ4n) is 3.84. The molecule has 1 amide bonds. The number of carbonyl (C=O) groups is 2. The van der Waals surface area contributed by atoms with E-state index in [1.54, 1.807) is 0 Å². The van der Waals surface area contributed by atoms with E-state index in [0.717, 1.165) is 34.4 Å². The van der Waals surface area contributed by atoms with Gasteiger partial charge in [0.1, 0.15) is 22.9 Å². The third kappa shape index (κ3) is 6.25. The first-order valence-corrected chi connectivity index (χ1v) is 14.0. The number of carbonyl (C=O) groups excluding carboxylic acids is 2. The zero-order valence-electron chi connectivity index (χ0n) is 22.0. The van der Waals surface area contributed by atoms with Crippen LogP contribution >= 0.6 is 23.1 Å². The van der Waals surface area contributed by atoms with Crippen molar-refractivity contribution in [1.82, 2.24) is 14.8 Å². The summed E-state index contributed by atoms with van der Waals surface area (Å²) in [6.07, 6.45) is 0.974. The van der Waals surface area contributed by atoms with Gasteiger partial charge in [-0.05, 0) is 49.1 Å². The van der Waals surface area contributed by atoms with Crippen molar-refractivity contribution < 1.29 is 19.1 Å². The molecule has 8 nitrogen and oxygen atoms in total. The van der Waals surface area contributed by atoms with E-state index >= 15 is 0 Å². The molecule has 2 aromatic carbocycles. The molecule has 38 heavy (non-hydrogen) atoms. The minimum Gasteiger partial charge on any atom is -0.486 e. The Kier molecular flexibility index (Phi) is 8.85. The van der Waals surface area contributed by atoms with Gasteiger partial charge in [0, 0.05) is 18.0 Å². The summed E-state index contributed by atoms with van der Waals surface area (Å²) in [6, 6.07) is 14.0. The van der Waals surface area contributed by atoms with Gasteiger partial charge in [0.2, 0.25) is 5.91 Å². The molecule has 0 aliphatic heterocycles. The van der Waals surface area contributed by atoms with Gasteiger partial charge in [-0.2, -0.15) is 0 Å². The maximum Gasteiger partial charge on any atom is 0.341 e. The van der Waals surface area contributed by atoms with Crippen LogP contribution in [0.1, 0.15) is 39.8 Å². The van der Waals surface area contributed by atoms with Crippen LogP contribution in [0, 0.1) is 13.8 Å². The number of nitrogens with one attached hydrogen (secondary N) is 1. The molecule has 0 unspecified atom stereocenters. The van der Waals surface area contributed by atoms with Gasteiger partial charge in [-0.25, -0.2) is 4.79 Å². The lowest BCUT2D eigenvalue weighted by atomic mass is 9.97. The van der Waals surface area contributed by atoms with Crippen LogP contribution in [0.4, 0.5) is 5.00 Å². The van der Waals surface area contributed by atoms with Crippen molar-refractivity contribution in [2.45, 2.75) is 39.0 Å². The Morgan fingerprint density at radius 2 is 1.84 bits per heavy atom. The van der Waals surface area contributed by atoms with E-state index in [1.807, 2.05) is 73.3 Å². The number of amides is 1. The second-order valence-corrected chi connectivity index (χ2v) is 10.6. The molecule has 2 heterocycles. The maximum atomic E-state index is 12.8. The fourth-order valence-corrected chi connectivity index (χ4v) is 5.53. The summed E-state index contributed by atoms with van der Waals surface area (Å²) in [4.78, 5) is 25.5. The summed E-state index contributed by atoms with van der Waals surface area (Å²) in [5.74, 6) is 0.759. The number of aromatic nitrogens is 3. The zero-order valence-corrected chi connectivity index (χ0v) is 23.7. The smallest absolute Gasteiger partial charge is 0.341 e. The first-order chi connectivity index (χ1) is 18.3. The number of benzene rings is 2. The molecule has 10 heteroatoms. The van der Waals surface area contributed by atoms with Crippen molar-refractivity contribution in [2.75, 3.05) is 18.2 Å². The summed E-state index contributed by atoms with van der Waals surface area (Å²) in [5, 5.41) is 14.2. The summed E-state index contributed by atoms with van der Waals surface area (Å²) in [6.45, 7) is 6.36. The van der Waals surface area contributed by atoms with Crippen molar-refractivity contribution in [3.63, 3.8) is 0 Å². The van der Waals surface area contributed by atoms with Crippen LogP contribution in [0.5, 0.6) is 5.75 Å². The van der Waals surface area contributed by atoms with E-state index in [0.29, 0.717) is 21.5 Å². The number of hydrogen-bond acceptors (Lipinski definition) is 8. The van der Waals surface area contributed by atoms with Crippen molar-refractivity contribution >= 4 is 40.0 Å². The highest BCUT2D eigenvalue weighted by Gasteiger charge is 2.23. The third-order valence-electron chi connectivity index (χ3n) is 6.07. The van der Waals surface area contributed by atoms with Gasteiger partial charge in [0.25, 0.3) is 0 Å². The number of methoxy groups -OCH3 is 1. The molecule has 0 aliphatic rings. The second kappa shape index (κ2) is 12.3. The molecule has 1 N–H and O–H groups in total. The van der Waals surface area contributed by atoms with Crippen LogP contribution in [-0.2, 0) is 29.6 Å². The average molecular weight is 551 g/mol. The third-order valence-corrected chi connectivity index (χ3v) is 7.99. The van der Waals surface area contributed by atoms with Gasteiger partial charge in [-0.3, -0.25) is 4.79 Å². The Morgan fingerprint density at radius 1 is 1.08 bits per heavy atom. The molecular weight excluding hydrogens is 520 g/mol. The number of rotatable bonds is 10. The lowest BCUT2D eigenvalue weighted by Gasteiger charge is -2.10. The van der Waals surface area contributed by atoms with E-state index in [-0.39, 0.29) is 18.3 Å². The monoisotopic (exact) mass is 550 g/mol. The molecule has 0 saturated carbocycles. The van der Waals surface area contributed by atoms with Gasteiger partial charge in [0.05, 0.1) is 12.9 Å². The fraction of sp³-hybridized carbons (Fsp3) is 0.286. The number of thiophene rings is 1. The summed E-state index contributed by atoms with van der Waals surface area (Å²) in [5.41, 5.74) is 5.40. The molecule has 4 aromatic rings. The Bertz CT molecular complexity index is 1440. The topological polar surface area (TPSA) is 95.3 Å². The number of aryl methyl sites for hydroxylation is 3. The van der Waals surface area contributed by atoms with Gasteiger partial charge in [-0.1, -0.05) is 54.6 Å². The summed E-state index contributed by atoms with van der Waals surface area (Å²) in [7, 11) is 3.17. The van der Waals surface area contributed by atoms with Crippen LogP contribution < -0.4 is 10.1 Å². The van der Waals surface area contributed by atoms with E-state index in [4.69, 9.17) is 9.47 Å². The Hall–Kier alpha value is -3.63. The highest BCUT2D eigenvalue weighted by atomic mass is 32.2. The minimum atomic E-state index is -0.493. The predicted molar refractivity (Wildman–Crippen MR) is 151 cm³/mol. The summed E-state index contributed by atoms with van der Waals surface area (Å²) < 4.78 is 12.7. The van der Waals surface area contributed by atoms with Crippen LogP contribution in [-0.4, -0.2) is 39.5 Å². The van der Waals surface area contributed by atoms with Crippen LogP contribution in [0.25, 0.3) is 11.1 Å². The molecular formula is C28H30N4O4S2. The quantitative estimate of drug-likeness (QED) is 0.196. The molecule has 2 aromatic heterocycles. The Labute approximate surface area is 230 Å². The standard InChI is InChI=1S/C28H30N4O4S2/c1-6-19-9-11-20(12-10-19)36-14-23-30-31-28(32(23)4)38-16-24(33)29-26-25(27(34)35-5)22(15-37-26)21-13-17(2)7-8-18(21)3/h7-13,15H,6,14,16H2,1-5H3,(H,29,33). The van der Waals surface area contributed by atoms with Crippen molar-refractivity contribution in [2.24, 2.45) is 7.05 Å². The second-order valence-electron chi connectivity index (χ2n) is 8.74. The molecule has 0 atom stereocenters. The molecule has 0 saturated heterocycles. The lowest BCUT2D eigenvalue weighted by molar-refractivity contribution is -0.113. The highest BCUT2D eigenvalue weighted by molar-refractivity contribution is 7.99. The van der Waals surface area contributed by atoms with Gasteiger partial charge < -0.3 is 19.4 Å². The van der Waals surface area contributed by atoms with E-state index in [1.165, 1.54) is 35.8 Å². The number of thioether (sulfide) groups is 1. The summed E-state index contributed by atoms with van der Waals surface area (Å²) >= 11 is 2.56. The molecule has 0 aliphatic carbocycles. The molecule has 198 valence electrons. The number of hydrogen-bond donors (Lipinski definition) is 1. The Morgan fingerprint density at radius 3 is 2.55 bits per heavy atom. The number of anilines is 1. The van der Waals surface area contributed by atoms with E-state index in [9.17, 15) is 9.59 Å². The van der Waals surface area contributed by atoms with Crippen molar-refractivity contribution in [3.8, 4) is 16.9 Å².